The van der Waals surface area contributed by atoms with Crippen LogP contribution in [0.4, 0.5) is 0 Å². The second kappa shape index (κ2) is 21.4. The van der Waals surface area contributed by atoms with Gasteiger partial charge in [-0.05, 0) is 116 Å². The molecule has 0 aromatic rings. The molecular weight excluding hydrogens is 874 g/mol. The third-order valence-electron chi connectivity index (χ3n) is 7.34. The van der Waals surface area contributed by atoms with E-state index in [1.807, 2.05) is 0 Å². The highest BCUT2D eigenvalue weighted by atomic mass is 35.9. The van der Waals surface area contributed by atoms with Crippen LogP contribution in [0.15, 0.2) is 27.1 Å². The maximum absolute atomic E-state index is 6.83. The zero-order valence-electron chi connectivity index (χ0n) is 25.9. The first-order valence-corrected chi connectivity index (χ1v) is 33.5. The van der Waals surface area contributed by atoms with Gasteiger partial charge in [0.25, 0.3) is 11.8 Å². The molecule has 0 saturated carbocycles. The summed E-state index contributed by atoms with van der Waals surface area (Å²) in [7, 11) is 0. The van der Waals surface area contributed by atoms with Gasteiger partial charge >= 0.3 is 0 Å². The topological polar surface area (TPSA) is 122 Å². The summed E-state index contributed by atoms with van der Waals surface area (Å²) in [5, 5.41) is 13.2. The lowest BCUT2D eigenvalue weighted by Crippen LogP contribution is -2.13. The van der Waals surface area contributed by atoms with Gasteiger partial charge in [-0.1, -0.05) is 89.9 Å². The third-order valence-corrected chi connectivity index (χ3v) is 32.0. The maximum atomic E-state index is 6.83. The third kappa shape index (κ3) is 18.0. The number of nitrogens with zero attached hydrogens (tertiary/aromatic N) is 6. The zero-order valence-corrected chi connectivity index (χ0v) is 37.4. The van der Waals surface area contributed by atoms with Gasteiger partial charge in [-0.3, -0.25) is 20.3 Å². The summed E-state index contributed by atoms with van der Waals surface area (Å²) in [5.41, 5.74) is 0. The average molecular weight is 922 g/mol. The van der Waals surface area contributed by atoms with Crippen LogP contribution in [0.2, 0.25) is 0 Å². The maximum Gasteiger partial charge on any atom is 0.257 e. The average Bonchev–Trinajstić information content (AvgIpc) is 2.90. The van der Waals surface area contributed by atoms with Crippen LogP contribution in [-0.2, 0) is 0 Å². The molecule has 0 amide bonds. The molecule has 46 heavy (non-hydrogen) atoms. The van der Waals surface area contributed by atoms with Crippen LogP contribution in [0.5, 0.6) is 0 Å². The van der Waals surface area contributed by atoms with Crippen LogP contribution in [-0.4, -0.2) is 26.2 Å². The van der Waals surface area contributed by atoms with Gasteiger partial charge in [0, 0.05) is 26.2 Å². The van der Waals surface area contributed by atoms with E-state index in [-0.39, 0.29) is 0 Å². The second-order valence-electron chi connectivity index (χ2n) is 11.5. The molecule has 0 radical (unpaired) electrons. The molecule has 4 unspecified atom stereocenters. The summed E-state index contributed by atoms with van der Waals surface area (Å²) in [6, 6.07) is 0. The molecular formula is C22H48Cl8N10P6. The highest BCUT2D eigenvalue weighted by Gasteiger charge is 2.34. The summed E-state index contributed by atoms with van der Waals surface area (Å²) in [5.74, 6) is -6.07. The molecule has 4 bridgehead atoms. The van der Waals surface area contributed by atoms with Crippen LogP contribution >= 0.6 is 129 Å². The minimum atomic E-state index is -3.04. The largest absolute Gasteiger partial charge is 0.257 e. The Labute approximate surface area is 315 Å². The number of fused-ring (bicyclic) bond motifs is 2. The summed E-state index contributed by atoms with van der Waals surface area (Å²) in [4.78, 5) is 0. The van der Waals surface area contributed by atoms with Crippen molar-refractivity contribution in [1.29, 1.82) is 0 Å². The van der Waals surface area contributed by atoms with Crippen molar-refractivity contribution in [3.63, 3.8) is 0 Å². The van der Waals surface area contributed by atoms with Gasteiger partial charge in [-0.2, -0.15) is 27.1 Å². The minimum absolute atomic E-state index is 0.595. The Kier molecular flexibility index (Phi) is 20.5. The van der Waals surface area contributed by atoms with E-state index in [4.69, 9.17) is 89.9 Å². The van der Waals surface area contributed by atoms with E-state index in [9.17, 15) is 0 Å². The van der Waals surface area contributed by atoms with Crippen LogP contribution in [0.1, 0.15) is 116 Å². The Morgan fingerprint density at radius 1 is 0.261 bits per heavy atom. The van der Waals surface area contributed by atoms with E-state index in [1.54, 1.807) is 0 Å². The van der Waals surface area contributed by atoms with Crippen molar-refractivity contribution in [1.82, 2.24) is 20.3 Å². The molecule has 4 N–H and O–H groups in total. The Hall–Kier alpha value is 3.54. The first-order chi connectivity index (χ1) is 21.7. The van der Waals surface area contributed by atoms with Crippen LogP contribution < -0.4 is 20.3 Å². The molecule has 0 aromatic heterocycles. The van der Waals surface area contributed by atoms with E-state index in [2.05, 4.69) is 47.4 Å². The molecule has 272 valence electrons. The fraction of sp³-hybridized carbons (Fsp3) is 1.00. The Balaban J connectivity index is 1.57. The molecule has 0 spiro atoms. The van der Waals surface area contributed by atoms with Crippen molar-refractivity contribution in [3.8, 4) is 0 Å². The van der Waals surface area contributed by atoms with Crippen molar-refractivity contribution in [2.24, 2.45) is 27.1 Å². The van der Waals surface area contributed by atoms with Crippen molar-refractivity contribution < 1.29 is 0 Å². The molecule has 10 nitrogen and oxygen atoms in total. The molecule has 3 heterocycles. The lowest BCUT2D eigenvalue weighted by atomic mass is 10.0. The molecule has 3 rings (SSSR count). The van der Waals surface area contributed by atoms with E-state index in [0.29, 0.717) is 26.2 Å². The van der Waals surface area contributed by atoms with Crippen LogP contribution in [0, 0.1) is 0 Å². The van der Waals surface area contributed by atoms with Gasteiger partial charge in [0.15, 0.2) is 0 Å². The van der Waals surface area contributed by atoms with Crippen molar-refractivity contribution in [3.05, 3.63) is 0 Å². The summed E-state index contributed by atoms with van der Waals surface area (Å²) < 4.78 is 26.9. The van der Waals surface area contributed by atoms with E-state index < -0.39 is 38.7 Å². The van der Waals surface area contributed by atoms with E-state index >= 15 is 0 Å². The molecule has 0 aliphatic carbocycles. The molecule has 0 saturated heterocycles. The van der Waals surface area contributed by atoms with Crippen molar-refractivity contribution in [2.45, 2.75) is 116 Å². The summed E-state index contributed by atoms with van der Waals surface area (Å²) >= 11 is 53.1. The van der Waals surface area contributed by atoms with Gasteiger partial charge < -0.3 is 0 Å². The van der Waals surface area contributed by atoms with Crippen LogP contribution in [0.25, 0.3) is 0 Å². The number of nitrogens with one attached hydrogen (secondary N) is 4. The molecule has 3 aliphatic heterocycles. The predicted octanol–water partition coefficient (Wildman–Crippen LogP) is 17.0. The number of hydrogen-bond donors (Lipinski definition) is 4. The fourth-order valence-electron chi connectivity index (χ4n) is 5.11. The number of rotatable bonds is 0. The van der Waals surface area contributed by atoms with Gasteiger partial charge in [0.2, 0.25) is 26.8 Å². The van der Waals surface area contributed by atoms with Gasteiger partial charge in [-0.25, -0.2) is 0 Å². The standard InChI is InChI=1S/C22H48Cl8N10P6/c23-41(24)35-43(27)31-19-15-11-9-7-5-3-1-2-4-6-8-10-12-16-20-32-44(28)36-42(25,26)38-46(30,40-44)34-22-18-14-13-17-21-33-45(29,37-41)39-43/h31-34H,1-22H2. The van der Waals surface area contributed by atoms with E-state index in [1.165, 1.54) is 64.2 Å². The van der Waals surface area contributed by atoms with E-state index in [0.717, 1.165) is 51.4 Å². The van der Waals surface area contributed by atoms with Crippen LogP contribution in [0.3, 0.4) is 0 Å². The molecule has 4 atom stereocenters. The predicted molar refractivity (Wildman–Crippen MR) is 218 cm³/mol. The second-order valence-corrected chi connectivity index (χ2v) is 35.5. The first-order valence-electron chi connectivity index (χ1n) is 16.1. The SMILES string of the molecule is ClP1(Cl)=NP2(Cl)=NP(Cl)(=N1)NCCCCCCNP1(Cl)=NP(Cl)(Cl)=NP(Cl)(=N1)NCCCCCCCCCCCCCCCCN2. The number of halogens is 8. The molecule has 0 aromatic carbocycles. The molecule has 0 fully saturated rings. The van der Waals surface area contributed by atoms with Gasteiger partial charge in [-0.15, -0.1) is 0 Å². The van der Waals surface area contributed by atoms with Crippen molar-refractivity contribution in [2.75, 3.05) is 26.2 Å². The normalized spacial score (nSPS) is 37.0. The Morgan fingerprint density at radius 3 is 0.696 bits per heavy atom. The summed E-state index contributed by atoms with van der Waals surface area (Å²) in [6.07, 6.45) is 20.5. The quantitative estimate of drug-likeness (QED) is 0.181. The highest BCUT2D eigenvalue weighted by Crippen LogP contribution is 2.84. The minimum Gasteiger partial charge on any atom is -0.253 e. The smallest absolute Gasteiger partial charge is 0.253 e. The van der Waals surface area contributed by atoms with Gasteiger partial charge in [0.1, 0.15) is 0 Å². The van der Waals surface area contributed by atoms with Gasteiger partial charge in [0.05, 0.1) is 0 Å². The lowest BCUT2D eigenvalue weighted by Gasteiger charge is -2.26. The highest BCUT2D eigenvalue weighted by molar-refractivity contribution is 8.18. The zero-order chi connectivity index (χ0) is 33.6. The summed E-state index contributed by atoms with van der Waals surface area (Å²) in [6.45, 7) is -8.91. The van der Waals surface area contributed by atoms with Crippen molar-refractivity contribution >= 4 is 129 Å². The lowest BCUT2D eigenvalue weighted by molar-refractivity contribution is 0.533. The Bertz CT molecular complexity index is 1220. The number of hydrogen-bond acceptors (Lipinski definition) is 10. The Morgan fingerprint density at radius 2 is 0.457 bits per heavy atom. The molecule has 24 heteroatoms. The molecule has 3 aliphatic rings. The first kappa shape index (κ1) is 43.9. The fourth-order valence-corrected chi connectivity index (χ4v) is 37.0. The monoisotopic (exact) mass is 918 g/mol.